The standard InChI is InChI=1S/C21H24N4O5S/c1-4-15-18(19(26)24-21(3)12-31(27,28)13-21)23-17-9-8-14(11-25(15)17)30-20-16(29-5-2)7-6-10-22-20/h6-11H,4-5,12-13H2,1-3H3,(H,24,26). The van der Waals surface area contributed by atoms with Crippen LogP contribution in [0.25, 0.3) is 5.65 Å². The van der Waals surface area contributed by atoms with Gasteiger partial charge in [-0.05, 0) is 44.5 Å². The van der Waals surface area contributed by atoms with Crippen LogP contribution in [0.1, 0.15) is 37.0 Å². The topological polar surface area (TPSA) is 112 Å². The van der Waals surface area contributed by atoms with Crippen LogP contribution < -0.4 is 14.8 Å². The van der Waals surface area contributed by atoms with Gasteiger partial charge in [-0.3, -0.25) is 9.20 Å². The van der Waals surface area contributed by atoms with Crippen molar-refractivity contribution in [2.24, 2.45) is 0 Å². The zero-order chi connectivity index (χ0) is 22.2. The van der Waals surface area contributed by atoms with Gasteiger partial charge in [0.15, 0.2) is 15.6 Å². The van der Waals surface area contributed by atoms with Crippen molar-refractivity contribution in [2.45, 2.75) is 32.7 Å². The van der Waals surface area contributed by atoms with Gasteiger partial charge in [0.25, 0.3) is 11.8 Å². The van der Waals surface area contributed by atoms with E-state index in [0.29, 0.717) is 41.7 Å². The molecular formula is C21H24N4O5S. The molecule has 1 fully saturated rings. The zero-order valence-electron chi connectivity index (χ0n) is 17.6. The van der Waals surface area contributed by atoms with Gasteiger partial charge in [-0.25, -0.2) is 18.4 Å². The van der Waals surface area contributed by atoms with Crippen molar-refractivity contribution in [2.75, 3.05) is 18.1 Å². The van der Waals surface area contributed by atoms with Crippen molar-refractivity contribution >= 4 is 21.4 Å². The lowest BCUT2D eigenvalue weighted by molar-refractivity contribution is 0.0911. The number of nitrogens with zero attached hydrogens (tertiary/aromatic N) is 3. The highest BCUT2D eigenvalue weighted by molar-refractivity contribution is 7.93. The van der Waals surface area contributed by atoms with E-state index in [9.17, 15) is 13.2 Å². The lowest BCUT2D eigenvalue weighted by Gasteiger charge is -2.38. The van der Waals surface area contributed by atoms with Crippen LogP contribution >= 0.6 is 0 Å². The molecule has 0 unspecified atom stereocenters. The van der Waals surface area contributed by atoms with E-state index in [2.05, 4.69) is 15.3 Å². The van der Waals surface area contributed by atoms with Gasteiger partial charge in [-0.15, -0.1) is 0 Å². The molecule has 164 valence electrons. The molecule has 0 radical (unpaired) electrons. The van der Waals surface area contributed by atoms with E-state index < -0.39 is 15.4 Å². The normalized spacial score (nSPS) is 16.5. The number of pyridine rings is 2. The highest BCUT2D eigenvalue weighted by Gasteiger charge is 2.46. The molecule has 0 atom stereocenters. The molecule has 1 aliphatic heterocycles. The van der Waals surface area contributed by atoms with E-state index in [1.165, 1.54) is 0 Å². The maximum absolute atomic E-state index is 12.9. The van der Waals surface area contributed by atoms with Crippen molar-refractivity contribution in [1.29, 1.82) is 0 Å². The SMILES string of the molecule is CCOc1cccnc1Oc1ccc2nc(C(=O)NC3(C)CS(=O)(=O)C3)c(CC)n2c1. The smallest absolute Gasteiger partial charge is 0.272 e. The highest BCUT2D eigenvalue weighted by atomic mass is 32.2. The van der Waals surface area contributed by atoms with Crippen LogP contribution in [0.2, 0.25) is 0 Å². The number of sulfone groups is 1. The van der Waals surface area contributed by atoms with Gasteiger partial charge < -0.3 is 14.8 Å². The Balaban J connectivity index is 1.63. The second kappa shape index (κ2) is 7.84. The van der Waals surface area contributed by atoms with Crippen molar-refractivity contribution in [3.63, 3.8) is 0 Å². The fourth-order valence-corrected chi connectivity index (χ4v) is 5.82. The number of fused-ring (bicyclic) bond motifs is 1. The van der Waals surface area contributed by atoms with Gasteiger partial charge >= 0.3 is 0 Å². The first kappa shape index (κ1) is 21.1. The first-order valence-corrected chi connectivity index (χ1v) is 11.9. The fourth-order valence-electron chi connectivity index (χ4n) is 3.82. The molecule has 1 amide bonds. The number of carbonyl (C=O) groups is 1. The summed E-state index contributed by atoms with van der Waals surface area (Å²) in [5.74, 6) is 0.886. The van der Waals surface area contributed by atoms with E-state index in [0.717, 1.165) is 0 Å². The van der Waals surface area contributed by atoms with Gasteiger partial charge in [0.05, 0.1) is 35.5 Å². The summed E-state index contributed by atoms with van der Waals surface area (Å²) in [6, 6.07) is 7.05. The third-order valence-corrected chi connectivity index (χ3v) is 7.14. The number of aromatic nitrogens is 3. The predicted octanol–water partition coefficient (Wildman–Crippen LogP) is 2.40. The first-order valence-electron chi connectivity index (χ1n) is 10.0. The molecule has 1 aliphatic rings. The Morgan fingerprint density at radius 1 is 1.26 bits per heavy atom. The molecule has 0 saturated carbocycles. The van der Waals surface area contributed by atoms with Crippen LogP contribution in [0.5, 0.6) is 17.4 Å². The van der Waals surface area contributed by atoms with E-state index in [1.807, 2.05) is 13.8 Å². The minimum atomic E-state index is -3.07. The van der Waals surface area contributed by atoms with Crippen molar-refractivity contribution in [3.8, 4) is 17.4 Å². The number of hydrogen-bond donors (Lipinski definition) is 1. The van der Waals surface area contributed by atoms with Gasteiger partial charge in [-0.2, -0.15) is 0 Å². The minimum Gasteiger partial charge on any atom is -0.488 e. The summed E-state index contributed by atoms with van der Waals surface area (Å²) in [6.07, 6.45) is 3.92. The summed E-state index contributed by atoms with van der Waals surface area (Å²) in [5, 5.41) is 2.82. The largest absolute Gasteiger partial charge is 0.488 e. The molecular weight excluding hydrogens is 420 g/mol. The molecule has 0 aromatic carbocycles. The Bertz CT molecular complexity index is 1240. The maximum Gasteiger partial charge on any atom is 0.272 e. The highest BCUT2D eigenvalue weighted by Crippen LogP contribution is 2.30. The summed E-state index contributed by atoms with van der Waals surface area (Å²) in [5.41, 5.74) is 0.805. The van der Waals surface area contributed by atoms with Gasteiger partial charge in [-0.1, -0.05) is 6.92 Å². The van der Waals surface area contributed by atoms with Crippen LogP contribution in [-0.2, 0) is 16.3 Å². The average Bonchev–Trinajstić information content (AvgIpc) is 3.06. The number of ether oxygens (including phenoxy) is 2. The molecule has 1 saturated heterocycles. The van der Waals surface area contributed by atoms with Crippen LogP contribution in [0, 0.1) is 0 Å². The minimum absolute atomic E-state index is 0.0647. The Morgan fingerprint density at radius 2 is 2.03 bits per heavy atom. The van der Waals surface area contributed by atoms with Crippen molar-refractivity contribution in [1.82, 2.24) is 19.7 Å². The van der Waals surface area contributed by atoms with Crippen molar-refractivity contribution in [3.05, 3.63) is 48.0 Å². The monoisotopic (exact) mass is 444 g/mol. The second-order valence-corrected chi connectivity index (χ2v) is 9.81. The van der Waals surface area contributed by atoms with Crippen molar-refractivity contribution < 1.29 is 22.7 Å². The summed E-state index contributed by atoms with van der Waals surface area (Å²) in [4.78, 5) is 21.6. The molecule has 10 heteroatoms. The second-order valence-electron chi connectivity index (χ2n) is 7.74. The van der Waals surface area contributed by atoms with E-state index in [-0.39, 0.29) is 23.1 Å². The third kappa shape index (κ3) is 4.20. The Hall–Kier alpha value is -3.14. The summed E-state index contributed by atoms with van der Waals surface area (Å²) in [6.45, 7) is 6.02. The van der Waals surface area contributed by atoms with Gasteiger partial charge in [0, 0.05) is 6.20 Å². The van der Waals surface area contributed by atoms with E-state index in [1.54, 1.807) is 48.0 Å². The average molecular weight is 445 g/mol. The zero-order valence-corrected chi connectivity index (χ0v) is 18.4. The quantitative estimate of drug-likeness (QED) is 0.595. The first-order chi connectivity index (χ1) is 14.7. The number of nitrogens with one attached hydrogen (secondary N) is 1. The number of imidazole rings is 1. The summed E-state index contributed by atoms with van der Waals surface area (Å²) in [7, 11) is -3.07. The molecule has 0 aliphatic carbocycles. The maximum atomic E-state index is 12.9. The van der Waals surface area contributed by atoms with Crippen LogP contribution in [0.4, 0.5) is 0 Å². The lowest BCUT2D eigenvalue weighted by atomic mass is 10.1. The van der Waals surface area contributed by atoms with E-state index >= 15 is 0 Å². The number of amides is 1. The number of hydrogen-bond acceptors (Lipinski definition) is 7. The summed E-state index contributed by atoms with van der Waals surface area (Å²) >= 11 is 0. The molecule has 9 nitrogen and oxygen atoms in total. The summed E-state index contributed by atoms with van der Waals surface area (Å²) < 4.78 is 36.3. The van der Waals surface area contributed by atoms with Gasteiger partial charge in [0.2, 0.25) is 0 Å². The van der Waals surface area contributed by atoms with Crippen LogP contribution in [0.15, 0.2) is 36.7 Å². The lowest BCUT2D eigenvalue weighted by Crippen LogP contribution is -2.63. The molecule has 0 spiro atoms. The number of aryl methyl sites for hydroxylation is 1. The van der Waals surface area contributed by atoms with Crippen LogP contribution in [-0.4, -0.2) is 52.3 Å². The Morgan fingerprint density at radius 3 is 2.71 bits per heavy atom. The number of carbonyl (C=O) groups excluding carboxylic acids is 1. The molecule has 1 N–H and O–H groups in total. The molecule has 3 aromatic heterocycles. The Labute approximate surface area is 180 Å². The van der Waals surface area contributed by atoms with E-state index in [4.69, 9.17) is 9.47 Å². The molecule has 3 aromatic rings. The molecule has 4 rings (SSSR count). The Kier molecular flexibility index (Phi) is 5.34. The third-order valence-electron chi connectivity index (χ3n) is 4.98. The fraction of sp³-hybridized carbons (Fsp3) is 0.381. The molecule has 31 heavy (non-hydrogen) atoms. The van der Waals surface area contributed by atoms with Crippen LogP contribution in [0.3, 0.4) is 0 Å². The molecule has 0 bridgehead atoms. The molecule has 4 heterocycles. The number of rotatable bonds is 7. The van der Waals surface area contributed by atoms with Gasteiger partial charge in [0.1, 0.15) is 17.1 Å². The predicted molar refractivity (Wildman–Crippen MR) is 115 cm³/mol.